The molecule has 2 aromatic rings. The highest BCUT2D eigenvalue weighted by Gasteiger charge is 2.10. The number of nitrogens with one attached hydrogen (secondary N) is 1. The van der Waals surface area contributed by atoms with E-state index in [2.05, 4.69) is 58.6 Å². The third-order valence-corrected chi connectivity index (χ3v) is 4.17. The highest BCUT2D eigenvalue weighted by Crippen LogP contribution is 2.21. The van der Waals surface area contributed by atoms with Crippen LogP contribution in [-0.4, -0.2) is 30.1 Å². The SMILES string of the molecule is CCCNc1ncnc(N(C)CCc2cccs2)c1C. The summed E-state index contributed by atoms with van der Waals surface area (Å²) in [5, 5.41) is 5.47. The molecule has 0 aliphatic rings. The van der Waals surface area contributed by atoms with Crippen molar-refractivity contribution in [1.82, 2.24) is 9.97 Å². The van der Waals surface area contributed by atoms with Gasteiger partial charge in [-0.25, -0.2) is 9.97 Å². The predicted octanol–water partition coefficient (Wildman–Crippen LogP) is 3.35. The minimum Gasteiger partial charge on any atom is -0.370 e. The minimum atomic E-state index is 0.941. The summed E-state index contributed by atoms with van der Waals surface area (Å²) in [6.45, 7) is 6.13. The molecule has 5 heteroatoms. The van der Waals surface area contributed by atoms with Crippen molar-refractivity contribution in [2.75, 3.05) is 30.4 Å². The van der Waals surface area contributed by atoms with E-state index in [9.17, 15) is 0 Å². The summed E-state index contributed by atoms with van der Waals surface area (Å²) in [5.74, 6) is 1.95. The molecule has 0 aliphatic carbocycles. The number of likely N-dealkylation sites (N-methyl/N-ethyl adjacent to an activating group) is 1. The lowest BCUT2D eigenvalue weighted by atomic mass is 10.2. The fourth-order valence-corrected chi connectivity index (χ4v) is 2.78. The maximum atomic E-state index is 4.43. The monoisotopic (exact) mass is 290 g/mol. The minimum absolute atomic E-state index is 0.941. The number of rotatable bonds is 7. The van der Waals surface area contributed by atoms with Crippen LogP contribution >= 0.6 is 11.3 Å². The largest absolute Gasteiger partial charge is 0.370 e. The van der Waals surface area contributed by atoms with E-state index in [0.717, 1.165) is 43.1 Å². The summed E-state index contributed by atoms with van der Waals surface area (Å²) in [4.78, 5) is 12.4. The molecule has 2 aromatic heterocycles. The van der Waals surface area contributed by atoms with Crippen LogP contribution in [0.3, 0.4) is 0 Å². The summed E-state index contributed by atoms with van der Waals surface area (Å²) in [6, 6.07) is 4.28. The quantitative estimate of drug-likeness (QED) is 0.849. The highest BCUT2D eigenvalue weighted by atomic mass is 32.1. The van der Waals surface area contributed by atoms with Crippen LogP contribution in [-0.2, 0) is 6.42 Å². The predicted molar refractivity (Wildman–Crippen MR) is 86.8 cm³/mol. The average molecular weight is 290 g/mol. The van der Waals surface area contributed by atoms with Crippen LogP contribution in [0.1, 0.15) is 23.8 Å². The second kappa shape index (κ2) is 7.24. The van der Waals surface area contributed by atoms with Crippen molar-refractivity contribution >= 4 is 23.0 Å². The molecular weight excluding hydrogens is 268 g/mol. The van der Waals surface area contributed by atoms with Crippen LogP contribution in [0.25, 0.3) is 0 Å². The van der Waals surface area contributed by atoms with E-state index in [-0.39, 0.29) is 0 Å². The molecule has 0 aromatic carbocycles. The lowest BCUT2D eigenvalue weighted by Crippen LogP contribution is -2.23. The molecule has 0 unspecified atom stereocenters. The summed E-state index contributed by atoms with van der Waals surface area (Å²) < 4.78 is 0. The Bertz CT molecular complexity index is 525. The first-order valence-electron chi connectivity index (χ1n) is 7.01. The van der Waals surface area contributed by atoms with Crippen molar-refractivity contribution in [1.29, 1.82) is 0 Å². The first-order valence-corrected chi connectivity index (χ1v) is 7.89. The number of aromatic nitrogens is 2. The van der Waals surface area contributed by atoms with Gasteiger partial charge in [0.15, 0.2) is 0 Å². The van der Waals surface area contributed by atoms with E-state index in [0.29, 0.717) is 0 Å². The third kappa shape index (κ3) is 3.70. The van der Waals surface area contributed by atoms with Gasteiger partial charge in [0, 0.05) is 30.6 Å². The molecule has 0 bridgehead atoms. The molecule has 2 rings (SSSR count). The molecule has 1 N–H and O–H groups in total. The Kier molecular flexibility index (Phi) is 5.35. The molecule has 0 atom stereocenters. The van der Waals surface area contributed by atoms with Crippen LogP contribution < -0.4 is 10.2 Å². The normalized spacial score (nSPS) is 10.6. The second-order valence-corrected chi connectivity index (χ2v) is 5.88. The van der Waals surface area contributed by atoms with Crippen molar-refractivity contribution in [3.63, 3.8) is 0 Å². The summed E-state index contributed by atoms with van der Waals surface area (Å²) >= 11 is 1.81. The molecule has 2 heterocycles. The smallest absolute Gasteiger partial charge is 0.136 e. The number of nitrogens with zero attached hydrogens (tertiary/aromatic N) is 3. The van der Waals surface area contributed by atoms with Crippen LogP contribution in [0, 0.1) is 6.92 Å². The van der Waals surface area contributed by atoms with Gasteiger partial charge in [0.25, 0.3) is 0 Å². The Balaban J connectivity index is 2.03. The molecule has 4 nitrogen and oxygen atoms in total. The van der Waals surface area contributed by atoms with Gasteiger partial charge >= 0.3 is 0 Å². The zero-order valence-electron chi connectivity index (χ0n) is 12.4. The van der Waals surface area contributed by atoms with E-state index in [1.165, 1.54) is 4.88 Å². The number of hydrogen-bond acceptors (Lipinski definition) is 5. The Morgan fingerprint density at radius 1 is 1.35 bits per heavy atom. The zero-order valence-corrected chi connectivity index (χ0v) is 13.2. The average Bonchev–Trinajstić information content (AvgIpc) is 2.97. The van der Waals surface area contributed by atoms with Gasteiger partial charge in [-0.3, -0.25) is 0 Å². The van der Waals surface area contributed by atoms with Gasteiger partial charge in [-0.15, -0.1) is 11.3 Å². The van der Waals surface area contributed by atoms with E-state index in [1.807, 2.05) is 0 Å². The zero-order chi connectivity index (χ0) is 14.4. The third-order valence-electron chi connectivity index (χ3n) is 3.24. The molecular formula is C15H22N4S. The number of thiophene rings is 1. The molecule has 0 radical (unpaired) electrons. The summed E-state index contributed by atoms with van der Waals surface area (Å²) in [6.07, 6.45) is 3.78. The van der Waals surface area contributed by atoms with E-state index < -0.39 is 0 Å². The fraction of sp³-hybridized carbons (Fsp3) is 0.467. The first kappa shape index (κ1) is 14.8. The van der Waals surface area contributed by atoms with Gasteiger partial charge < -0.3 is 10.2 Å². The molecule has 0 amide bonds. The van der Waals surface area contributed by atoms with Crippen molar-refractivity contribution in [3.05, 3.63) is 34.3 Å². The Morgan fingerprint density at radius 2 is 2.20 bits per heavy atom. The van der Waals surface area contributed by atoms with E-state index in [4.69, 9.17) is 0 Å². The Morgan fingerprint density at radius 3 is 2.90 bits per heavy atom. The van der Waals surface area contributed by atoms with Gasteiger partial charge in [0.05, 0.1) is 0 Å². The molecule has 0 fully saturated rings. The fourth-order valence-electron chi connectivity index (χ4n) is 2.09. The topological polar surface area (TPSA) is 41.1 Å². The molecule has 20 heavy (non-hydrogen) atoms. The second-order valence-electron chi connectivity index (χ2n) is 4.85. The van der Waals surface area contributed by atoms with Crippen LogP contribution in [0.2, 0.25) is 0 Å². The van der Waals surface area contributed by atoms with E-state index >= 15 is 0 Å². The van der Waals surface area contributed by atoms with Crippen LogP contribution in [0.5, 0.6) is 0 Å². The summed E-state index contributed by atoms with van der Waals surface area (Å²) in [5.41, 5.74) is 1.12. The lowest BCUT2D eigenvalue weighted by Gasteiger charge is -2.21. The van der Waals surface area contributed by atoms with Gasteiger partial charge in [-0.1, -0.05) is 13.0 Å². The first-order chi connectivity index (χ1) is 9.72. The summed E-state index contributed by atoms with van der Waals surface area (Å²) in [7, 11) is 2.09. The van der Waals surface area contributed by atoms with Crippen molar-refractivity contribution in [2.24, 2.45) is 0 Å². The van der Waals surface area contributed by atoms with Gasteiger partial charge in [-0.2, -0.15) is 0 Å². The highest BCUT2D eigenvalue weighted by molar-refractivity contribution is 7.09. The molecule has 108 valence electrons. The van der Waals surface area contributed by atoms with Gasteiger partial charge in [0.2, 0.25) is 0 Å². The maximum absolute atomic E-state index is 4.43. The lowest BCUT2D eigenvalue weighted by molar-refractivity contribution is 0.856. The maximum Gasteiger partial charge on any atom is 0.136 e. The number of hydrogen-bond donors (Lipinski definition) is 1. The Labute approximate surface area is 124 Å². The standard InChI is InChI=1S/C15H22N4S/c1-4-8-16-14-12(2)15(18-11-17-14)19(3)9-7-13-6-5-10-20-13/h5-6,10-11H,4,7-9H2,1-3H3,(H,16,17,18). The van der Waals surface area contributed by atoms with Crippen molar-refractivity contribution in [3.8, 4) is 0 Å². The van der Waals surface area contributed by atoms with E-state index in [1.54, 1.807) is 17.7 Å². The number of anilines is 2. The van der Waals surface area contributed by atoms with Crippen molar-refractivity contribution in [2.45, 2.75) is 26.7 Å². The molecule has 0 spiro atoms. The van der Waals surface area contributed by atoms with Crippen LogP contribution in [0.15, 0.2) is 23.8 Å². The van der Waals surface area contributed by atoms with Gasteiger partial charge in [0.1, 0.15) is 18.0 Å². The van der Waals surface area contributed by atoms with Crippen LogP contribution in [0.4, 0.5) is 11.6 Å². The Hall–Kier alpha value is -1.62. The molecule has 0 aliphatic heterocycles. The van der Waals surface area contributed by atoms with Gasteiger partial charge in [-0.05, 0) is 31.2 Å². The molecule has 0 saturated carbocycles. The van der Waals surface area contributed by atoms with Crippen molar-refractivity contribution < 1.29 is 0 Å². The molecule has 0 saturated heterocycles.